The van der Waals surface area contributed by atoms with E-state index in [2.05, 4.69) is 90.0 Å². The lowest BCUT2D eigenvalue weighted by Crippen LogP contribution is -2.18. The second-order valence-electron chi connectivity index (χ2n) is 11.3. The van der Waals surface area contributed by atoms with Crippen LogP contribution in [-0.2, 0) is 0 Å². The summed E-state index contributed by atoms with van der Waals surface area (Å²) < 4.78 is 4.22. The minimum absolute atomic E-state index is 0.328. The third-order valence-electron chi connectivity index (χ3n) is 8.42. The van der Waals surface area contributed by atoms with E-state index in [0.29, 0.717) is 17.2 Å². The molecule has 0 amide bonds. The van der Waals surface area contributed by atoms with Gasteiger partial charge in [0, 0.05) is 38.8 Å². The zero-order valence-electron chi connectivity index (χ0n) is 25.2. The highest BCUT2D eigenvalue weighted by Gasteiger charge is 2.24. The average molecular weight is 622 g/mol. The monoisotopic (exact) mass is 621 g/mol. The summed E-state index contributed by atoms with van der Waals surface area (Å²) in [6.07, 6.45) is 3.72. The maximum Gasteiger partial charge on any atom is 0.160 e. The van der Waals surface area contributed by atoms with E-state index in [0.717, 1.165) is 72.5 Å². The molecule has 0 unspecified atom stereocenters. The van der Waals surface area contributed by atoms with Crippen LogP contribution >= 0.6 is 12.8 Å². The summed E-state index contributed by atoms with van der Waals surface area (Å²) >= 11 is 4.25. The molecule has 5 nitrogen and oxygen atoms in total. The highest BCUT2D eigenvalue weighted by molar-refractivity contribution is 7.79. The van der Waals surface area contributed by atoms with Gasteiger partial charge in [-0.3, -0.25) is 5.41 Å². The highest BCUT2D eigenvalue weighted by atomic mass is 32.1. The van der Waals surface area contributed by atoms with Crippen LogP contribution in [0, 0.1) is 5.41 Å². The summed E-state index contributed by atoms with van der Waals surface area (Å²) in [6, 6.07) is 47.2. The molecule has 0 aliphatic heterocycles. The van der Waals surface area contributed by atoms with Gasteiger partial charge in [-0.15, -0.1) is 0 Å². The second-order valence-corrected chi connectivity index (χ2v) is 11.5. The van der Waals surface area contributed by atoms with E-state index in [4.69, 9.17) is 20.4 Å². The molecule has 47 heavy (non-hydrogen) atoms. The van der Waals surface area contributed by atoms with Crippen LogP contribution in [0.3, 0.4) is 0 Å². The Hall–Kier alpha value is -5.98. The Morgan fingerprint density at radius 2 is 1.06 bits per heavy atom. The van der Waals surface area contributed by atoms with Crippen LogP contribution in [0.4, 0.5) is 0 Å². The summed E-state index contributed by atoms with van der Waals surface area (Å²) in [6.45, 7) is 0. The molecule has 0 atom stereocenters. The van der Waals surface area contributed by atoms with Gasteiger partial charge in [0.2, 0.25) is 0 Å². The molecule has 2 heterocycles. The third-order valence-corrected chi connectivity index (χ3v) is 8.62. The van der Waals surface area contributed by atoms with Crippen molar-refractivity contribution in [2.24, 2.45) is 4.40 Å². The van der Waals surface area contributed by atoms with Crippen molar-refractivity contribution in [1.82, 2.24) is 15.0 Å². The van der Waals surface area contributed by atoms with E-state index in [9.17, 15) is 0 Å². The van der Waals surface area contributed by atoms with E-state index < -0.39 is 0 Å². The summed E-state index contributed by atoms with van der Waals surface area (Å²) in [5.41, 5.74) is 12.2. The van der Waals surface area contributed by atoms with Crippen molar-refractivity contribution < 1.29 is 0 Å². The highest BCUT2D eigenvalue weighted by Crippen LogP contribution is 2.36. The molecule has 0 radical (unpaired) electrons. The Morgan fingerprint density at radius 1 is 0.511 bits per heavy atom. The zero-order chi connectivity index (χ0) is 31.7. The van der Waals surface area contributed by atoms with Crippen LogP contribution in [0.15, 0.2) is 150 Å². The summed E-state index contributed by atoms with van der Waals surface area (Å²) in [5.74, 6) is 0.691. The first-order chi connectivity index (χ1) is 23.2. The number of allylic oxidation sites excluding steroid dienone is 1. The molecule has 2 aromatic heterocycles. The quantitative estimate of drug-likeness (QED) is 0.188. The van der Waals surface area contributed by atoms with Gasteiger partial charge in [0.15, 0.2) is 5.82 Å². The SMILES string of the molecule is N=C1C=Cc2c(-c3ccccc3)nc3cc(-c4ccc(-c5cc(-c6ccccc6)nc(-c6ccccc6)n5)cc4)ccc3c2C1=NS. The van der Waals surface area contributed by atoms with Gasteiger partial charge in [-0.25, -0.2) is 19.3 Å². The van der Waals surface area contributed by atoms with E-state index in [1.54, 1.807) is 6.08 Å². The molecule has 0 saturated carbocycles. The molecular formula is C41H27N5S. The molecule has 0 saturated heterocycles. The van der Waals surface area contributed by atoms with Gasteiger partial charge in [-0.2, -0.15) is 0 Å². The van der Waals surface area contributed by atoms with Crippen molar-refractivity contribution in [3.05, 3.63) is 157 Å². The van der Waals surface area contributed by atoms with Crippen LogP contribution in [0.25, 0.3) is 73.3 Å². The van der Waals surface area contributed by atoms with E-state index in [1.165, 1.54) is 0 Å². The number of fused-ring (bicyclic) bond motifs is 3. The molecule has 0 bridgehead atoms. The first kappa shape index (κ1) is 28.5. The van der Waals surface area contributed by atoms with Crippen LogP contribution in [-0.4, -0.2) is 26.4 Å². The topological polar surface area (TPSA) is 74.9 Å². The van der Waals surface area contributed by atoms with Crippen LogP contribution < -0.4 is 0 Å². The summed E-state index contributed by atoms with van der Waals surface area (Å²) in [5, 5.41) is 9.46. The van der Waals surface area contributed by atoms with Crippen molar-refractivity contribution in [2.75, 3.05) is 0 Å². The maximum absolute atomic E-state index is 8.52. The Balaban J connectivity index is 1.22. The molecule has 0 spiro atoms. The minimum atomic E-state index is 0.328. The van der Waals surface area contributed by atoms with Gasteiger partial charge >= 0.3 is 0 Å². The van der Waals surface area contributed by atoms with Gasteiger partial charge in [-0.05, 0) is 48.2 Å². The van der Waals surface area contributed by atoms with Crippen molar-refractivity contribution in [3.8, 4) is 56.3 Å². The number of aromatic nitrogens is 3. The fourth-order valence-electron chi connectivity index (χ4n) is 6.08. The molecule has 222 valence electrons. The number of rotatable bonds is 5. The summed E-state index contributed by atoms with van der Waals surface area (Å²) in [7, 11) is 0. The van der Waals surface area contributed by atoms with Crippen molar-refractivity contribution >= 4 is 41.2 Å². The molecule has 1 aliphatic rings. The molecule has 8 rings (SSSR count). The average Bonchev–Trinajstić information content (AvgIpc) is 3.15. The Morgan fingerprint density at radius 3 is 1.70 bits per heavy atom. The second kappa shape index (κ2) is 12.1. The largest absolute Gasteiger partial charge is 0.299 e. The zero-order valence-corrected chi connectivity index (χ0v) is 26.1. The smallest absolute Gasteiger partial charge is 0.160 e. The predicted molar refractivity (Wildman–Crippen MR) is 197 cm³/mol. The van der Waals surface area contributed by atoms with Gasteiger partial charge in [0.05, 0.1) is 28.3 Å². The van der Waals surface area contributed by atoms with Gasteiger partial charge < -0.3 is 0 Å². The van der Waals surface area contributed by atoms with E-state index in [1.807, 2.05) is 72.8 Å². The Labute approximate surface area is 278 Å². The van der Waals surface area contributed by atoms with E-state index >= 15 is 0 Å². The van der Waals surface area contributed by atoms with Crippen LogP contribution in [0.1, 0.15) is 11.1 Å². The fourth-order valence-corrected chi connectivity index (χ4v) is 6.29. The Bertz CT molecular complexity index is 2290. The number of benzene rings is 5. The lowest BCUT2D eigenvalue weighted by Gasteiger charge is -2.20. The van der Waals surface area contributed by atoms with Crippen molar-refractivity contribution in [1.29, 1.82) is 5.41 Å². The summed E-state index contributed by atoms with van der Waals surface area (Å²) in [4.78, 5) is 15.1. The fraction of sp³-hybridized carbons (Fsp3) is 0. The number of thiol groups is 1. The number of nitrogens with one attached hydrogen (secondary N) is 1. The van der Waals surface area contributed by atoms with Crippen LogP contribution in [0.5, 0.6) is 0 Å². The number of hydrogen-bond donors (Lipinski definition) is 2. The minimum Gasteiger partial charge on any atom is -0.299 e. The lowest BCUT2D eigenvalue weighted by atomic mass is 9.87. The maximum atomic E-state index is 8.52. The number of hydrogen-bond acceptors (Lipinski definition) is 6. The number of pyridine rings is 1. The molecule has 1 N–H and O–H groups in total. The van der Waals surface area contributed by atoms with E-state index in [-0.39, 0.29) is 0 Å². The standard InChI is InChI=1S/C41H27N5S/c42-34-23-22-33-38(40(34)46-47)32-21-20-31(24-37(32)43-39(33)29-12-6-2-7-13-29)26-16-18-28(19-17-26)36-25-35(27-10-4-1-5-11-27)44-41(45-36)30-14-8-3-9-15-30/h1-25,42,47H. The molecule has 5 aromatic carbocycles. The number of nitrogens with zero attached hydrogens (tertiary/aromatic N) is 4. The van der Waals surface area contributed by atoms with Gasteiger partial charge in [-0.1, -0.05) is 127 Å². The van der Waals surface area contributed by atoms with Gasteiger partial charge in [0.25, 0.3) is 0 Å². The Kier molecular flexibility index (Phi) is 7.32. The predicted octanol–water partition coefficient (Wildman–Crippen LogP) is 10.0. The molecule has 0 fully saturated rings. The third kappa shape index (κ3) is 5.35. The first-order valence-corrected chi connectivity index (χ1v) is 15.7. The normalized spacial score (nSPS) is 13.2. The van der Waals surface area contributed by atoms with Crippen molar-refractivity contribution in [3.63, 3.8) is 0 Å². The van der Waals surface area contributed by atoms with Crippen molar-refractivity contribution in [2.45, 2.75) is 0 Å². The molecule has 1 aliphatic carbocycles. The molecular weight excluding hydrogens is 595 g/mol. The molecule has 6 heteroatoms. The van der Waals surface area contributed by atoms with Crippen LogP contribution in [0.2, 0.25) is 0 Å². The first-order valence-electron chi connectivity index (χ1n) is 15.3. The lowest BCUT2D eigenvalue weighted by molar-refractivity contribution is 1.18. The van der Waals surface area contributed by atoms with Gasteiger partial charge in [0.1, 0.15) is 5.71 Å². The molecule has 7 aromatic rings.